The van der Waals surface area contributed by atoms with Crippen LogP contribution in [0.5, 0.6) is 0 Å². The van der Waals surface area contributed by atoms with E-state index in [1.807, 2.05) is 42.5 Å². The number of fused-ring (bicyclic) bond motifs is 9. The summed E-state index contributed by atoms with van der Waals surface area (Å²) in [6.45, 7) is 9.18. The van der Waals surface area contributed by atoms with Crippen LogP contribution in [0.4, 0.5) is 5.69 Å². The number of hydrogen-bond acceptors (Lipinski definition) is 1. The molecule has 3 aromatic heterocycles. The highest BCUT2D eigenvalue weighted by molar-refractivity contribution is 6.15. The van der Waals surface area contributed by atoms with E-state index in [4.69, 9.17) is 0 Å². The summed E-state index contributed by atoms with van der Waals surface area (Å²) in [5.74, 6) is 0. The van der Waals surface area contributed by atoms with Gasteiger partial charge < -0.3 is 13.7 Å². The number of benzene rings is 8. The van der Waals surface area contributed by atoms with E-state index in [2.05, 4.69) is 158 Å². The first-order valence-electron chi connectivity index (χ1n) is 18.3. The van der Waals surface area contributed by atoms with Gasteiger partial charge in [-0.25, -0.2) is 4.85 Å². The van der Waals surface area contributed by atoms with E-state index in [0.717, 1.165) is 87.9 Å². The van der Waals surface area contributed by atoms with Gasteiger partial charge in [-0.15, -0.1) is 0 Å². The van der Waals surface area contributed by atoms with Gasteiger partial charge in [-0.3, -0.25) is 0 Å². The Morgan fingerprint density at radius 2 is 0.691 bits per heavy atom. The number of nitriles is 1. The molecule has 0 bridgehead atoms. The molecule has 0 unspecified atom stereocenters. The predicted octanol–water partition coefficient (Wildman–Crippen LogP) is 13.1. The Morgan fingerprint density at radius 3 is 1.04 bits per heavy atom. The van der Waals surface area contributed by atoms with Crippen LogP contribution in [0.2, 0.25) is 0 Å². The summed E-state index contributed by atoms with van der Waals surface area (Å²) in [4.78, 5) is 4.50. The van der Waals surface area contributed by atoms with Crippen LogP contribution in [0.3, 0.4) is 0 Å². The molecule has 5 nitrogen and oxygen atoms in total. The maximum Gasteiger partial charge on any atom is 0.236 e. The Bertz CT molecular complexity index is 3140. The Morgan fingerprint density at radius 1 is 0.382 bits per heavy atom. The van der Waals surface area contributed by atoms with Crippen molar-refractivity contribution >= 4 is 71.1 Å². The molecule has 0 N–H and O–H groups in total. The van der Waals surface area contributed by atoms with E-state index in [1.54, 1.807) is 0 Å². The molecule has 0 saturated carbocycles. The monoisotopic (exact) mass is 699 g/mol. The van der Waals surface area contributed by atoms with Crippen LogP contribution in [-0.2, 0) is 0 Å². The van der Waals surface area contributed by atoms with Crippen LogP contribution < -0.4 is 0 Å². The molecule has 0 aliphatic rings. The van der Waals surface area contributed by atoms with Crippen molar-refractivity contribution in [2.75, 3.05) is 0 Å². The van der Waals surface area contributed by atoms with Crippen molar-refractivity contribution in [3.63, 3.8) is 0 Å². The van der Waals surface area contributed by atoms with Crippen molar-refractivity contribution in [3.05, 3.63) is 193 Å². The van der Waals surface area contributed by atoms with Gasteiger partial charge in [0.2, 0.25) is 5.69 Å². The zero-order valence-electron chi connectivity index (χ0n) is 29.5. The minimum atomic E-state index is 0.401. The molecule has 0 atom stereocenters. The predicted molar refractivity (Wildman–Crippen MR) is 226 cm³/mol. The van der Waals surface area contributed by atoms with Gasteiger partial charge in [0.15, 0.2) is 0 Å². The molecular formula is C50H29N5. The van der Waals surface area contributed by atoms with Crippen molar-refractivity contribution in [1.29, 1.82) is 5.26 Å². The second-order valence-electron chi connectivity index (χ2n) is 13.8. The maximum absolute atomic E-state index is 11.8. The third kappa shape index (κ3) is 4.21. The Kier molecular flexibility index (Phi) is 6.61. The zero-order valence-corrected chi connectivity index (χ0v) is 29.5. The van der Waals surface area contributed by atoms with Crippen LogP contribution in [-0.4, -0.2) is 13.7 Å². The second-order valence-corrected chi connectivity index (χ2v) is 13.8. The van der Waals surface area contributed by atoms with Crippen molar-refractivity contribution < 1.29 is 0 Å². The van der Waals surface area contributed by atoms with Gasteiger partial charge in [-0.2, -0.15) is 5.26 Å². The van der Waals surface area contributed by atoms with Crippen LogP contribution >= 0.6 is 0 Å². The summed E-state index contributed by atoms with van der Waals surface area (Å²) in [5.41, 5.74) is 10.3. The molecule has 0 amide bonds. The third-order valence-corrected chi connectivity index (χ3v) is 11.1. The molecule has 0 aliphatic heterocycles. The molecule has 0 radical (unpaired) electrons. The lowest BCUT2D eigenvalue weighted by Crippen LogP contribution is -2.11. The first-order valence-corrected chi connectivity index (χ1v) is 18.3. The van der Waals surface area contributed by atoms with E-state index >= 15 is 0 Å². The molecule has 254 valence electrons. The fraction of sp³-hybridized carbons (Fsp3) is 0. The average Bonchev–Trinajstić information content (AvgIpc) is 3.89. The summed E-state index contributed by atoms with van der Waals surface area (Å²) in [6, 6.07) is 63.2. The van der Waals surface area contributed by atoms with Gasteiger partial charge in [0.05, 0.1) is 62.3 Å². The van der Waals surface area contributed by atoms with Gasteiger partial charge in [-0.05, 0) is 42.0 Å². The summed E-state index contributed by atoms with van der Waals surface area (Å²) in [6.07, 6.45) is 0. The molecular weight excluding hydrogens is 671 g/mol. The van der Waals surface area contributed by atoms with Gasteiger partial charge in [0.25, 0.3) is 0 Å². The SMILES string of the molecule is [C-]#[N+]c1c(-n2c3ccccc3c3ccccc32)c(C#N)c(-n2c3ccccc3c3ccccc32)c(-c2ccccc2)c1-n1c2ccccc2c2ccccc21. The minimum absolute atomic E-state index is 0.401. The zero-order chi connectivity index (χ0) is 36.6. The number of aromatic nitrogens is 3. The summed E-state index contributed by atoms with van der Waals surface area (Å²) >= 11 is 0. The molecule has 0 aliphatic carbocycles. The summed E-state index contributed by atoms with van der Waals surface area (Å²) < 4.78 is 6.67. The highest BCUT2D eigenvalue weighted by atomic mass is 15.1. The fourth-order valence-corrected chi connectivity index (χ4v) is 8.94. The normalized spacial score (nSPS) is 11.6. The van der Waals surface area contributed by atoms with Crippen molar-refractivity contribution in [3.8, 4) is 34.3 Å². The van der Waals surface area contributed by atoms with Gasteiger partial charge in [0.1, 0.15) is 6.07 Å². The lowest BCUT2D eigenvalue weighted by Gasteiger charge is -2.26. The summed E-state index contributed by atoms with van der Waals surface area (Å²) in [7, 11) is 0. The fourth-order valence-electron chi connectivity index (χ4n) is 8.94. The lowest BCUT2D eigenvalue weighted by molar-refractivity contribution is 1.09. The molecule has 11 rings (SSSR count). The van der Waals surface area contributed by atoms with Crippen LogP contribution in [0.25, 0.3) is 98.5 Å². The topological polar surface area (TPSA) is 42.9 Å². The smallest absolute Gasteiger partial charge is 0.236 e. The first kappa shape index (κ1) is 30.7. The van der Waals surface area contributed by atoms with Gasteiger partial charge in [0, 0.05) is 37.9 Å². The molecule has 5 heteroatoms. The molecule has 0 spiro atoms. The highest BCUT2D eigenvalue weighted by Crippen LogP contribution is 2.51. The Balaban J connectivity index is 1.49. The Hall–Kier alpha value is -7.86. The number of nitrogens with zero attached hydrogens (tertiary/aromatic N) is 5. The second kappa shape index (κ2) is 11.8. The van der Waals surface area contributed by atoms with Gasteiger partial charge in [-0.1, -0.05) is 140 Å². The minimum Gasteiger partial charge on any atom is -0.318 e. The van der Waals surface area contributed by atoms with Gasteiger partial charge >= 0.3 is 0 Å². The lowest BCUT2D eigenvalue weighted by atomic mass is 9.93. The highest BCUT2D eigenvalue weighted by Gasteiger charge is 2.32. The quantitative estimate of drug-likeness (QED) is 0.169. The standard InChI is InChI=1S/C50H29N5/c1-52-47-49(54-42-27-13-7-21-35(42)36-22-8-14-28-43(36)54)39(31-51)48(53-40-25-11-5-19-33(40)34-20-6-12-26-41(34)53)46(32-17-3-2-4-18-32)50(47)55-44-29-15-9-23-37(44)38-24-10-16-30-45(38)55/h2-30H. The first-order chi connectivity index (χ1) is 27.3. The molecule has 0 saturated heterocycles. The number of para-hydroxylation sites is 6. The van der Waals surface area contributed by atoms with E-state index in [9.17, 15) is 11.8 Å². The van der Waals surface area contributed by atoms with E-state index in [1.165, 1.54) is 0 Å². The number of hydrogen-bond donors (Lipinski definition) is 0. The molecule has 3 heterocycles. The molecule has 8 aromatic carbocycles. The van der Waals surface area contributed by atoms with Crippen LogP contribution in [0.1, 0.15) is 5.56 Å². The largest absolute Gasteiger partial charge is 0.318 e. The Labute approximate surface area is 316 Å². The van der Waals surface area contributed by atoms with E-state index in [-0.39, 0.29) is 0 Å². The van der Waals surface area contributed by atoms with E-state index < -0.39 is 0 Å². The third-order valence-electron chi connectivity index (χ3n) is 11.1. The summed E-state index contributed by atoms with van der Waals surface area (Å²) in [5, 5.41) is 18.2. The molecule has 55 heavy (non-hydrogen) atoms. The van der Waals surface area contributed by atoms with Crippen LogP contribution in [0.15, 0.2) is 176 Å². The maximum atomic E-state index is 11.8. The number of rotatable bonds is 4. The van der Waals surface area contributed by atoms with Crippen LogP contribution in [0, 0.1) is 17.9 Å². The molecule has 11 aromatic rings. The van der Waals surface area contributed by atoms with Crippen molar-refractivity contribution in [2.24, 2.45) is 0 Å². The molecule has 0 fully saturated rings. The van der Waals surface area contributed by atoms with Crippen molar-refractivity contribution in [1.82, 2.24) is 13.7 Å². The van der Waals surface area contributed by atoms with Crippen molar-refractivity contribution in [2.45, 2.75) is 0 Å². The van der Waals surface area contributed by atoms with E-state index in [0.29, 0.717) is 16.9 Å². The average molecular weight is 700 g/mol.